The summed E-state index contributed by atoms with van der Waals surface area (Å²) in [5.41, 5.74) is -1.01. The summed E-state index contributed by atoms with van der Waals surface area (Å²) in [5, 5.41) is 5.88. The fraction of sp³-hybridized carbons (Fsp3) is 0.773. The van der Waals surface area contributed by atoms with Crippen LogP contribution in [0, 0.1) is 17.8 Å². The Morgan fingerprint density at radius 3 is 2.55 bits per heavy atom. The molecule has 1 aliphatic rings. The second kappa shape index (κ2) is 11.5. The highest BCUT2D eigenvalue weighted by Gasteiger charge is 2.34. The van der Waals surface area contributed by atoms with E-state index in [1.165, 1.54) is 6.42 Å². The van der Waals surface area contributed by atoms with Gasteiger partial charge >= 0.3 is 12.3 Å². The number of halogens is 3. The number of anilines is 1. The minimum Gasteiger partial charge on any atom is -0.446 e. The van der Waals surface area contributed by atoms with E-state index in [0.717, 1.165) is 44.5 Å². The monoisotopic (exact) mass is 444 g/mol. The molecule has 1 fully saturated rings. The number of hydrogen-bond acceptors (Lipinski definition) is 5. The molecule has 0 aromatic carbocycles. The van der Waals surface area contributed by atoms with E-state index in [9.17, 15) is 18.0 Å². The average Bonchev–Trinajstić information content (AvgIpc) is 2.67. The Kier molecular flexibility index (Phi) is 9.37. The second-order valence-corrected chi connectivity index (χ2v) is 9.02. The van der Waals surface area contributed by atoms with Gasteiger partial charge in [0.2, 0.25) is 0 Å². The molecule has 0 aliphatic heterocycles. The summed E-state index contributed by atoms with van der Waals surface area (Å²) in [6, 6.07) is -0.0168. The zero-order chi connectivity index (χ0) is 23.0. The minimum absolute atomic E-state index is 0.0168. The van der Waals surface area contributed by atoms with E-state index in [2.05, 4.69) is 41.4 Å². The highest BCUT2D eigenvalue weighted by atomic mass is 19.4. The number of hydrogen-bond donors (Lipinski definition) is 2. The third kappa shape index (κ3) is 8.53. The summed E-state index contributed by atoms with van der Waals surface area (Å²) >= 11 is 0. The molecule has 1 amide bonds. The quantitative estimate of drug-likeness (QED) is 0.481. The molecule has 1 saturated carbocycles. The molecule has 9 heteroatoms. The Labute approximate surface area is 182 Å². The van der Waals surface area contributed by atoms with Crippen LogP contribution >= 0.6 is 0 Å². The van der Waals surface area contributed by atoms with Gasteiger partial charge in [-0.25, -0.2) is 14.8 Å². The van der Waals surface area contributed by atoms with E-state index in [-0.39, 0.29) is 18.2 Å². The Balaban J connectivity index is 1.64. The van der Waals surface area contributed by atoms with Gasteiger partial charge in [-0.2, -0.15) is 13.2 Å². The van der Waals surface area contributed by atoms with Crippen molar-refractivity contribution >= 4 is 11.9 Å². The van der Waals surface area contributed by atoms with Gasteiger partial charge in [0.15, 0.2) is 5.69 Å². The molecule has 4 atom stereocenters. The van der Waals surface area contributed by atoms with Crippen molar-refractivity contribution in [3.8, 4) is 0 Å². The largest absolute Gasteiger partial charge is 0.446 e. The van der Waals surface area contributed by atoms with Gasteiger partial charge in [-0.3, -0.25) is 0 Å². The third-order valence-corrected chi connectivity index (χ3v) is 5.90. The molecule has 0 unspecified atom stereocenters. The number of carbonyl (C=O) groups is 1. The number of rotatable bonds is 9. The fourth-order valence-corrected chi connectivity index (χ4v) is 4.05. The molecule has 6 nitrogen and oxygen atoms in total. The highest BCUT2D eigenvalue weighted by molar-refractivity contribution is 5.67. The van der Waals surface area contributed by atoms with E-state index in [4.69, 9.17) is 4.74 Å². The molecule has 0 saturated heterocycles. The van der Waals surface area contributed by atoms with Crippen molar-refractivity contribution in [1.82, 2.24) is 15.3 Å². The average molecular weight is 445 g/mol. The lowest BCUT2D eigenvalue weighted by molar-refractivity contribution is -0.141. The van der Waals surface area contributed by atoms with Crippen molar-refractivity contribution in [3.63, 3.8) is 0 Å². The van der Waals surface area contributed by atoms with Crippen LogP contribution in [0.1, 0.15) is 71.9 Å². The van der Waals surface area contributed by atoms with Gasteiger partial charge in [0, 0.05) is 12.6 Å². The van der Waals surface area contributed by atoms with Gasteiger partial charge in [0.05, 0.1) is 12.4 Å². The summed E-state index contributed by atoms with van der Waals surface area (Å²) in [6.07, 6.45) is 2.57. The van der Waals surface area contributed by atoms with Crippen LogP contribution in [0.15, 0.2) is 12.4 Å². The van der Waals surface area contributed by atoms with Crippen molar-refractivity contribution in [2.45, 2.75) is 84.5 Å². The van der Waals surface area contributed by atoms with Crippen LogP contribution in [0.4, 0.5) is 23.8 Å². The Bertz CT molecular complexity index is 682. The van der Waals surface area contributed by atoms with Gasteiger partial charge in [-0.15, -0.1) is 0 Å². The van der Waals surface area contributed by atoms with E-state index in [1.54, 1.807) is 0 Å². The first-order valence-electron chi connectivity index (χ1n) is 11.2. The maximum atomic E-state index is 12.5. The molecule has 0 radical (unpaired) electrons. The van der Waals surface area contributed by atoms with Gasteiger partial charge in [0.25, 0.3) is 0 Å². The standard InChI is InChI=1S/C22H35F3N4O2/c1-14(2)17-9-8-15(3)11-18(17)31-21(30)29-16(4)7-5-6-10-26-20-13-27-19(12-28-20)22(23,24)25/h12-18H,5-11H2,1-4H3,(H,26,28)(H,29,30)/t15-,16-,17+,18-/m1/s1. The molecular weight excluding hydrogens is 409 g/mol. The predicted molar refractivity (Wildman–Crippen MR) is 114 cm³/mol. The summed E-state index contributed by atoms with van der Waals surface area (Å²) in [7, 11) is 0. The van der Waals surface area contributed by atoms with Crippen molar-refractivity contribution in [2.24, 2.45) is 17.8 Å². The summed E-state index contributed by atoms with van der Waals surface area (Å²) in [5.74, 6) is 1.79. The maximum Gasteiger partial charge on any atom is 0.434 e. The summed E-state index contributed by atoms with van der Waals surface area (Å²) < 4.78 is 43.2. The van der Waals surface area contributed by atoms with Gasteiger partial charge < -0.3 is 15.4 Å². The van der Waals surface area contributed by atoms with Crippen LogP contribution in [0.3, 0.4) is 0 Å². The zero-order valence-electron chi connectivity index (χ0n) is 18.8. The fourth-order valence-electron chi connectivity index (χ4n) is 4.05. The number of unbranched alkanes of at least 4 members (excludes halogenated alkanes) is 1. The van der Waals surface area contributed by atoms with Crippen molar-refractivity contribution in [2.75, 3.05) is 11.9 Å². The molecule has 1 aromatic rings. The number of alkyl carbamates (subject to hydrolysis) is 1. The minimum atomic E-state index is -4.49. The van der Waals surface area contributed by atoms with Crippen molar-refractivity contribution in [1.29, 1.82) is 0 Å². The Morgan fingerprint density at radius 1 is 1.19 bits per heavy atom. The number of amides is 1. The lowest BCUT2D eigenvalue weighted by Gasteiger charge is -2.36. The van der Waals surface area contributed by atoms with E-state index in [1.807, 2.05) is 6.92 Å². The lowest BCUT2D eigenvalue weighted by Crippen LogP contribution is -2.41. The molecule has 0 bridgehead atoms. The second-order valence-electron chi connectivity index (χ2n) is 9.02. The molecule has 0 spiro atoms. The topological polar surface area (TPSA) is 76.1 Å². The molecule has 1 aromatic heterocycles. The van der Waals surface area contributed by atoms with Crippen molar-refractivity contribution in [3.05, 3.63) is 18.1 Å². The van der Waals surface area contributed by atoms with Crippen LogP contribution < -0.4 is 10.6 Å². The normalized spacial score (nSPS) is 22.8. The molecule has 1 heterocycles. The predicted octanol–water partition coefficient (Wildman–Crippen LogP) is 5.65. The smallest absolute Gasteiger partial charge is 0.434 e. The number of nitrogens with one attached hydrogen (secondary N) is 2. The maximum absolute atomic E-state index is 12.5. The molecule has 2 rings (SSSR count). The van der Waals surface area contributed by atoms with Gasteiger partial charge in [0.1, 0.15) is 11.9 Å². The lowest BCUT2D eigenvalue weighted by atomic mass is 9.75. The molecule has 1 aliphatic carbocycles. The van der Waals surface area contributed by atoms with Crippen LogP contribution in [-0.4, -0.2) is 34.8 Å². The number of ether oxygens (including phenoxy) is 1. The van der Waals surface area contributed by atoms with E-state index in [0.29, 0.717) is 30.1 Å². The van der Waals surface area contributed by atoms with E-state index >= 15 is 0 Å². The first-order valence-corrected chi connectivity index (χ1v) is 11.2. The van der Waals surface area contributed by atoms with Crippen LogP contribution in [0.2, 0.25) is 0 Å². The summed E-state index contributed by atoms with van der Waals surface area (Å²) in [6.45, 7) is 9.08. The molecule has 31 heavy (non-hydrogen) atoms. The van der Waals surface area contributed by atoms with E-state index < -0.39 is 11.9 Å². The summed E-state index contributed by atoms with van der Waals surface area (Å²) in [4.78, 5) is 19.4. The zero-order valence-corrected chi connectivity index (χ0v) is 18.8. The highest BCUT2D eigenvalue weighted by Crippen LogP contribution is 2.35. The molecular formula is C22H35F3N4O2. The van der Waals surface area contributed by atoms with Gasteiger partial charge in [-0.05, 0) is 56.8 Å². The van der Waals surface area contributed by atoms with Crippen LogP contribution in [0.25, 0.3) is 0 Å². The van der Waals surface area contributed by atoms with Crippen molar-refractivity contribution < 1.29 is 22.7 Å². The number of aromatic nitrogens is 2. The first kappa shape index (κ1) is 25.2. The van der Waals surface area contributed by atoms with Gasteiger partial charge in [-0.1, -0.05) is 27.2 Å². The Morgan fingerprint density at radius 2 is 1.94 bits per heavy atom. The number of alkyl halides is 3. The SMILES string of the molecule is CC(C)[C@@H]1CC[C@@H](C)C[C@H]1OC(=O)N[C@H](C)CCCCNc1cnc(C(F)(F)F)cn1. The third-order valence-electron chi connectivity index (χ3n) is 5.90. The molecule has 176 valence electrons. The molecule has 2 N–H and O–H groups in total. The number of nitrogens with zero attached hydrogens (tertiary/aromatic N) is 2. The number of carbonyl (C=O) groups excluding carboxylic acids is 1. The van der Waals surface area contributed by atoms with Crippen LogP contribution in [0.5, 0.6) is 0 Å². The van der Waals surface area contributed by atoms with Crippen LogP contribution in [-0.2, 0) is 10.9 Å². The first-order chi connectivity index (χ1) is 14.6. The Hall–Kier alpha value is -2.06.